The number of nitrogens with one attached hydrogen (secondary N) is 1. The van der Waals surface area contributed by atoms with Crippen LogP contribution in [0.1, 0.15) is 24.1 Å². The molecule has 7 heteroatoms. The number of amides is 1. The summed E-state index contributed by atoms with van der Waals surface area (Å²) >= 11 is 0. The zero-order chi connectivity index (χ0) is 22.8. The Morgan fingerprint density at radius 1 is 0.938 bits per heavy atom. The van der Waals surface area contributed by atoms with E-state index in [4.69, 9.17) is 0 Å². The first-order valence-corrected chi connectivity index (χ1v) is 10.9. The standard InChI is InChI=1S/C25H28N4O3/c1-17-9-11-20(12-10-17)26-23(30)19-13-15-28(16-14-19)22-18(2)29(21-7-5-4-6-8-21)25(32)27(3)24(22)31/h4-12,19H,13-16H2,1-3H3,(H,26,30). The second-order valence-electron chi connectivity index (χ2n) is 8.37. The molecule has 0 bridgehead atoms. The predicted octanol–water partition coefficient (Wildman–Crippen LogP) is 3.01. The highest BCUT2D eigenvalue weighted by Gasteiger charge is 2.28. The van der Waals surface area contributed by atoms with Crippen LogP contribution >= 0.6 is 0 Å². The zero-order valence-corrected chi connectivity index (χ0v) is 18.7. The van der Waals surface area contributed by atoms with E-state index in [9.17, 15) is 14.4 Å². The molecule has 7 nitrogen and oxygen atoms in total. The molecular formula is C25H28N4O3. The normalized spacial score (nSPS) is 14.4. The Labute approximate surface area is 186 Å². The number of hydrogen-bond donors (Lipinski definition) is 1. The molecule has 2 aromatic carbocycles. The summed E-state index contributed by atoms with van der Waals surface area (Å²) in [6, 6.07) is 17.1. The van der Waals surface area contributed by atoms with Gasteiger partial charge in [0.15, 0.2) is 0 Å². The van der Waals surface area contributed by atoms with Gasteiger partial charge in [-0.15, -0.1) is 0 Å². The molecule has 1 fully saturated rings. The van der Waals surface area contributed by atoms with Crippen molar-refractivity contribution in [3.8, 4) is 5.69 Å². The molecule has 0 saturated carbocycles. The van der Waals surface area contributed by atoms with Crippen LogP contribution in [0.25, 0.3) is 5.69 Å². The Morgan fingerprint density at radius 3 is 2.19 bits per heavy atom. The topological polar surface area (TPSA) is 76.3 Å². The number of carbonyl (C=O) groups is 1. The molecule has 0 atom stereocenters. The molecule has 0 radical (unpaired) electrons. The first-order chi connectivity index (χ1) is 15.4. The average molecular weight is 433 g/mol. The number of para-hydroxylation sites is 1. The van der Waals surface area contributed by atoms with E-state index < -0.39 is 0 Å². The van der Waals surface area contributed by atoms with E-state index in [0.29, 0.717) is 37.3 Å². The van der Waals surface area contributed by atoms with Crippen LogP contribution in [0.2, 0.25) is 0 Å². The van der Waals surface area contributed by atoms with E-state index >= 15 is 0 Å². The summed E-state index contributed by atoms with van der Waals surface area (Å²) < 4.78 is 2.73. The van der Waals surface area contributed by atoms with Gasteiger partial charge in [0.25, 0.3) is 5.56 Å². The average Bonchev–Trinajstić information content (AvgIpc) is 2.80. The minimum atomic E-state index is -0.366. The molecule has 1 aliphatic rings. The van der Waals surface area contributed by atoms with Gasteiger partial charge in [0, 0.05) is 31.7 Å². The van der Waals surface area contributed by atoms with Crippen molar-refractivity contribution < 1.29 is 4.79 Å². The maximum Gasteiger partial charge on any atom is 0.335 e. The van der Waals surface area contributed by atoms with Gasteiger partial charge in [0.2, 0.25) is 5.91 Å². The summed E-state index contributed by atoms with van der Waals surface area (Å²) in [4.78, 5) is 40.6. The molecule has 1 aromatic heterocycles. The van der Waals surface area contributed by atoms with E-state index in [1.807, 2.05) is 66.4 Å². The Balaban J connectivity index is 1.55. The van der Waals surface area contributed by atoms with Crippen LogP contribution in [-0.2, 0) is 11.8 Å². The van der Waals surface area contributed by atoms with Gasteiger partial charge in [0.1, 0.15) is 5.69 Å². The molecule has 4 rings (SSSR count). The molecule has 32 heavy (non-hydrogen) atoms. The fraction of sp³-hybridized carbons (Fsp3) is 0.320. The largest absolute Gasteiger partial charge is 0.366 e. The maximum atomic E-state index is 13.0. The van der Waals surface area contributed by atoms with Crippen molar-refractivity contribution >= 4 is 17.3 Å². The molecule has 3 aromatic rings. The van der Waals surface area contributed by atoms with Crippen LogP contribution in [0.5, 0.6) is 0 Å². The summed E-state index contributed by atoms with van der Waals surface area (Å²) in [5, 5.41) is 2.99. The van der Waals surface area contributed by atoms with Crippen molar-refractivity contribution in [1.29, 1.82) is 0 Å². The lowest BCUT2D eigenvalue weighted by Crippen LogP contribution is -2.46. The number of hydrogen-bond acceptors (Lipinski definition) is 4. The molecule has 0 aliphatic carbocycles. The minimum Gasteiger partial charge on any atom is -0.366 e. The van der Waals surface area contributed by atoms with Crippen molar-refractivity contribution in [2.45, 2.75) is 26.7 Å². The molecule has 1 amide bonds. The second kappa shape index (κ2) is 8.86. The van der Waals surface area contributed by atoms with E-state index in [1.165, 1.54) is 7.05 Å². The van der Waals surface area contributed by atoms with Crippen molar-refractivity contribution in [2.24, 2.45) is 13.0 Å². The third-order valence-corrected chi connectivity index (χ3v) is 6.18. The van der Waals surface area contributed by atoms with Crippen LogP contribution < -0.4 is 21.5 Å². The fourth-order valence-electron chi connectivity index (χ4n) is 4.29. The van der Waals surface area contributed by atoms with Crippen LogP contribution in [-0.4, -0.2) is 28.1 Å². The minimum absolute atomic E-state index is 0.00684. The number of piperidine rings is 1. The van der Waals surface area contributed by atoms with Crippen LogP contribution in [0, 0.1) is 19.8 Å². The number of aryl methyl sites for hydroxylation is 1. The molecule has 0 spiro atoms. The molecule has 1 saturated heterocycles. The van der Waals surface area contributed by atoms with Gasteiger partial charge in [0.05, 0.1) is 11.4 Å². The van der Waals surface area contributed by atoms with Crippen molar-refractivity contribution in [1.82, 2.24) is 9.13 Å². The number of aromatic nitrogens is 2. The Hall–Kier alpha value is -3.61. The first kappa shape index (κ1) is 21.6. The summed E-state index contributed by atoms with van der Waals surface area (Å²) in [6.07, 6.45) is 1.29. The van der Waals surface area contributed by atoms with Gasteiger partial charge < -0.3 is 10.2 Å². The second-order valence-corrected chi connectivity index (χ2v) is 8.37. The number of carbonyl (C=O) groups excluding carboxylic acids is 1. The Morgan fingerprint density at radius 2 is 1.56 bits per heavy atom. The van der Waals surface area contributed by atoms with Crippen LogP contribution in [0.3, 0.4) is 0 Å². The van der Waals surface area contributed by atoms with Gasteiger partial charge in [-0.2, -0.15) is 0 Å². The molecule has 0 unspecified atom stereocenters. The van der Waals surface area contributed by atoms with E-state index in [0.717, 1.165) is 21.5 Å². The van der Waals surface area contributed by atoms with E-state index in [-0.39, 0.29) is 23.1 Å². The first-order valence-electron chi connectivity index (χ1n) is 10.9. The molecule has 166 valence electrons. The molecule has 1 aliphatic heterocycles. The van der Waals surface area contributed by atoms with Crippen LogP contribution in [0.4, 0.5) is 11.4 Å². The van der Waals surface area contributed by atoms with E-state index in [1.54, 1.807) is 11.5 Å². The van der Waals surface area contributed by atoms with Crippen LogP contribution in [0.15, 0.2) is 64.2 Å². The third kappa shape index (κ3) is 4.10. The third-order valence-electron chi connectivity index (χ3n) is 6.18. The van der Waals surface area contributed by atoms with Crippen molar-refractivity contribution in [2.75, 3.05) is 23.3 Å². The number of anilines is 2. The lowest BCUT2D eigenvalue weighted by atomic mass is 9.95. The van der Waals surface area contributed by atoms with Gasteiger partial charge in [-0.3, -0.25) is 18.7 Å². The number of nitrogens with zero attached hydrogens (tertiary/aromatic N) is 3. The molecule has 2 heterocycles. The molecular weight excluding hydrogens is 404 g/mol. The van der Waals surface area contributed by atoms with Gasteiger partial charge in [-0.1, -0.05) is 35.9 Å². The lowest BCUT2D eigenvalue weighted by molar-refractivity contribution is -0.120. The fourth-order valence-corrected chi connectivity index (χ4v) is 4.29. The van der Waals surface area contributed by atoms with Gasteiger partial charge >= 0.3 is 5.69 Å². The Bertz CT molecular complexity index is 1240. The van der Waals surface area contributed by atoms with E-state index in [2.05, 4.69) is 5.32 Å². The highest BCUT2D eigenvalue weighted by atomic mass is 16.2. The highest BCUT2D eigenvalue weighted by Crippen LogP contribution is 2.25. The summed E-state index contributed by atoms with van der Waals surface area (Å²) in [7, 11) is 1.51. The SMILES string of the molecule is Cc1ccc(NC(=O)C2CCN(c3c(C)n(-c4ccccc4)c(=O)n(C)c3=O)CC2)cc1. The van der Waals surface area contributed by atoms with Crippen molar-refractivity contribution in [3.05, 3.63) is 86.7 Å². The quantitative estimate of drug-likeness (QED) is 0.688. The molecule has 1 N–H and O–H groups in total. The summed E-state index contributed by atoms with van der Waals surface area (Å²) in [6.45, 7) is 4.97. The zero-order valence-electron chi connectivity index (χ0n) is 18.7. The summed E-state index contributed by atoms with van der Waals surface area (Å²) in [5.41, 5.74) is 3.13. The highest BCUT2D eigenvalue weighted by molar-refractivity contribution is 5.92. The van der Waals surface area contributed by atoms with Gasteiger partial charge in [-0.05, 0) is 51.0 Å². The lowest BCUT2D eigenvalue weighted by Gasteiger charge is -2.34. The summed E-state index contributed by atoms with van der Waals surface area (Å²) in [5.74, 6) is -0.107. The monoisotopic (exact) mass is 432 g/mol. The smallest absolute Gasteiger partial charge is 0.335 e. The predicted molar refractivity (Wildman–Crippen MR) is 127 cm³/mol. The maximum absolute atomic E-state index is 13.0. The van der Waals surface area contributed by atoms with Gasteiger partial charge in [-0.25, -0.2) is 4.79 Å². The van der Waals surface area contributed by atoms with Crippen molar-refractivity contribution in [3.63, 3.8) is 0 Å². The number of benzene rings is 2. The Kier molecular flexibility index (Phi) is 5.99. The number of rotatable bonds is 4.